The molecule has 0 amide bonds. The van der Waals surface area contributed by atoms with Gasteiger partial charge in [0, 0.05) is 19.6 Å². The second-order valence-corrected chi connectivity index (χ2v) is 5.97. The van der Waals surface area contributed by atoms with E-state index in [4.69, 9.17) is 0 Å². The Hall–Kier alpha value is -0.750. The lowest BCUT2D eigenvalue weighted by Crippen LogP contribution is -2.40. The van der Waals surface area contributed by atoms with Crippen LogP contribution in [0.5, 0.6) is 0 Å². The molecule has 0 aromatic heterocycles. The Bertz CT molecular complexity index is 306. The molecule has 4 nitrogen and oxygen atoms in total. The second-order valence-electron chi connectivity index (χ2n) is 5.97. The summed E-state index contributed by atoms with van der Waals surface area (Å²) < 4.78 is 30.4. The third-order valence-corrected chi connectivity index (χ3v) is 2.78. The van der Waals surface area contributed by atoms with E-state index >= 15 is 0 Å². The van der Waals surface area contributed by atoms with Crippen LogP contribution in [0.2, 0.25) is 0 Å². The molecule has 0 aromatic carbocycles. The number of carbonyl (C=O) groups is 1. The van der Waals surface area contributed by atoms with Crippen molar-refractivity contribution in [1.82, 2.24) is 10.2 Å². The number of hydrogen-bond donors (Lipinski definition) is 1. The fourth-order valence-corrected chi connectivity index (χ4v) is 2.25. The van der Waals surface area contributed by atoms with E-state index in [-0.39, 0.29) is 12.0 Å². The first kappa shape index (κ1) is 15.3. The van der Waals surface area contributed by atoms with Crippen LogP contribution in [0, 0.1) is 5.41 Å². The van der Waals surface area contributed by atoms with Crippen LogP contribution in [0.1, 0.15) is 20.3 Å². The first-order valence-corrected chi connectivity index (χ1v) is 6.07. The number of halogens is 2. The Morgan fingerprint density at radius 3 is 2.56 bits per heavy atom. The van der Waals surface area contributed by atoms with Gasteiger partial charge in [-0.15, -0.1) is 0 Å². The van der Waals surface area contributed by atoms with E-state index in [1.807, 2.05) is 14.1 Å². The summed E-state index contributed by atoms with van der Waals surface area (Å²) in [5.74, 6) is -4.72. The van der Waals surface area contributed by atoms with Crippen molar-refractivity contribution in [2.24, 2.45) is 5.41 Å². The largest absolute Gasteiger partial charge is 0.456 e. The summed E-state index contributed by atoms with van der Waals surface area (Å²) in [5.41, 5.74) is 0.0363. The van der Waals surface area contributed by atoms with Crippen molar-refractivity contribution in [3.63, 3.8) is 0 Å². The Labute approximate surface area is 107 Å². The average molecular weight is 264 g/mol. The van der Waals surface area contributed by atoms with Gasteiger partial charge in [-0.25, -0.2) is 4.79 Å². The number of hydrogen-bond acceptors (Lipinski definition) is 4. The standard InChI is InChI=1S/C12H22F2N2O2/c1-11(2,8-16(3)4)7-15-6-9-5-12(13,14)10(17)18-9/h9,15H,5-8H2,1-4H3. The van der Waals surface area contributed by atoms with Crippen LogP contribution in [0.25, 0.3) is 0 Å². The minimum atomic E-state index is -3.31. The molecule has 1 heterocycles. The molecular formula is C12H22F2N2O2. The minimum absolute atomic E-state index is 0.0363. The van der Waals surface area contributed by atoms with Gasteiger partial charge < -0.3 is 15.0 Å². The van der Waals surface area contributed by atoms with Crippen molar-refractivity contribution < 1.29 is 18.3 Å². The Morgan fingerprint density at radius 1 is 1.50 bits per heavy atom. The Morgan fingerprint density at radius 2 is 2.11 bits per heavy atom. The molecule has 1 aliphatic rings. The van der Waals surface area contributed by atoms with Gasteiger partial charge in [0.25, 0.3) is 0 Å². The molecule has 1 rings (SSSR count). The van der Waals surface area contributed by atoms with Crippen molar-refractivity contribution in [2.45, 2.75) is 32.3 Å². The summed E-state index contributed by atoms with van der Waals surface area (Å²) in [7, 11) is 3.97. The van der Waals surface area contributed by atoms with Crippen LogP contribution in [0.15, 0.2) is 0 Å². The molecule has 1 atom stereocenters. The van der Waals surface area contributed by atoms with Gasteiger partial charge in [0.2, 0.25) is 0 Å². The lowest BCUT2D eigenvalue weighted by molar-refractivity contribution is -0.159. The number of esters is 1. The molecule has 1 fully saturated rings. The average Bonchev–Trinajstić information content (AvgIpc) is 2.37. The summed E-state index contributed by atoms with van der Waals surface area (Å²) in [4.78, 5) is 12.9. The fourth-order valence-electron chi connectivity index (χ4n) is 2.25. The zero-order valence-electron chi connectivity index (χ0n) is 11.4. The molecule has 0 spiro atoms. The lowest BCUT2D eigenvalue weighted by Gasteiger charge is -2.29. The number of carbonyl (C=O) groups excluding carboxylic acids is 1. The molecule has 0 bridgehead atoms. The minimum Gasteiger partial charge on any atom is -0.456 e. The van der Waals surface area contributed by atoms with Gasteiger partial charge in [0.1, 0.15) is 6.10 Å². The van der Waals surface area contributed by atoms with Gasteiger partial charge in [0.05, 0.1) is 6.42 Å². The summed E-state index contributed by atoms with van der Waals surface area (Å²) in [6.45, 7) is 6.04. The Kier molecular flexibility index (Phi) is 4.66. The van der Waals surface area contributed by atoms with Crippen molar-refractivity contribution >= 4 is 5.97 Å². The molecule has 0 radical (unpaired) electrons. The molecule has 106 valence electrons. The Balaban J connectivity index is 2.29. The van der Waals surface area contributed by atoms with Gasteiger partial charge in [-0.1, -0.05) is 13.8 Å². The topological polar surface area (TPSA) is 41.6 Å². The molecular weight excluding hydrogens is 242 g/mol. The van der Waals surface area contributed by atoms with Crippen molar-refractivity contribution in [1.29, 1.82) is 0 Å². The maximum Gasteiger partial charge on any atom is 0.377 e. The summed E-state index contributed by atoms with van der Waals surface area (Å²) >= 11 is 0. The van der Waals surface area contributed by atoms with Crippen LogP contribution in [0.3, 0.4) is 0 Å². The number of nitrogens with zero attached hydrogens (tertiary/aromatic N) is 1. The number of rotatable bonds is 6. The van der Waals surface area contributed by atoms with E-state index in [0.717, 1.165) is 6.54 Å². The van der Waals surface area contributed by atoms with Crippen LogP contribution in [-0.2, 0) is 9.53 Å². The van der Waals surface area contributed by atoms with Crippen LogP contribution >= 0.6 is 0 Å². The third kappa shape index (κ3) is 4.49. The molecule has 1 aliphatic heterocycles. The van der Waals surface area contributed by atoms with Gasteiger partial charge in [-0.05, 0) is 19.5 Å². The molecule has 0 saturated carbocycles. The highest BCUT2D eigenvalue weighted by atomic mass is 19.3. The fraction of sp³-hybridized carbons (Fsp3) is 0.917. The number of nitrogens with one attached hydrogen (secondary N) is 1. The smallest absolute Gasteiger partial charge is 0.377 e. The van der Waals surface area contributed by atoms with E-state index in [1.54, 1.807) is 0 Å². The maximum atomic E-state index is 12.9. The monoisotopic (exact) mass is 264 g/mol. The highest BCUT2D eigenvalue weighted by Crippen LogP contribution is 2.30. The predicted molar refractivity (Wildman–Crippen MR) is 64.6 cm³/mol. The third-order valence-electron chi connectivity index (χ3n) is 2.78. The normalized spacial score (nSPS) is 23.5. The number of cyclic esters (lactones) is 1. The number of ether oxygens (including phenoxy) is 1. The summed E-state index contributed by atoms with van der Waals surface area (Å²) in [5, 5.41) is 3.09. The van der Waals surface area contributed by atoms with Crippen molar-refractivity contribution in [2.75, 3.05) is 33.7 Å². The zero-order valence-corrected chi connectivity index (χ0v) is 11.4. The molecule has 1 N–H and O–H groups in total. The van der Waals surface area contributed by atoms with Crippen LogP contribution in [0.4, 0.5) is 8.78 Å². The van der Waals surface area contributed by atoms with E-state index in [9.17, 15) is 13.6 Å². The van der Waals surface area contributed by atoms with E-state index in [1.165, 1.54) is 0 Å². The SMILES string of the molecule is CN(C)CC(C)(C)CNCC1CC(F)(F)C(=O)O1. The zero-order chi connectivity index (χ0) is 14.0. The molecule has 18 heavy (non-hydrogen) atoms. The maximum absolute atomic E-state index is 12.9. The van der Waals surface area contributed by atoms with Crippen LogP contribution < -0.4 is 5.32 Å². The van der Waals surface area contributed by atoms with E-state index < -0.39 is 24.4 Å². The van der Waals surface area contributed by atoms with Crippen LogP contribution in [-0.4, -0.2) is 56.6 Å². The van der Waals surface area contributed by atoms with Gasteiger partial charge in [-0.3, -0.25) is 0 Å². The van der Waals surface area contributed by atoms with E-state index in [2.05, 4.69) is 28.8 Å². The summed E-state index contributed by atoms with van der Waals surface area (Å²) in [6, 6.07) is 0. The van der Waals surface area contributed by atoms with Crippen molar-refractivity contribution in [3.8, 4) is 0 Å². The number of alkyl halides is 2. The van der Waals surface area contributed by atoms with Crippen molar-refractivity contribution in [3.05, 3.63) is 0 Å². The summed E-state index contributed by atoms with van der Waals surface area (Å²) in [6.07, 6.45) is -1.24. The first-order chi connectivity index (χ1) is 8.12. The molecule has 6 heteroatoms. The highest BCUT2D eigenvalue weighted by Gasteiger charge is 2.50. The predicted octanol–water partition coefficient (Wildman–Crippen LogP) is 1.11. The van der Waals surface area contributed by atoms with Gasteiger partial charge in [0.15, 0.2) is 0 Å². The quantitative estimate of drug-likeness (QED) is 0.730. The van der Waals surface area contributed by atoms with E-state index in [0.29, 0.717) is 6.54 Å². The molecule has 1 unspecified atom stereocenters. The highest BCUT2D eigenvalue weighted by molar-refractivity contribution is 5.79. The first-order valence-electron chi connectivity index (χ1n) is 6.07. The lowest BCUT2D eigenvalue weighted by atomic mass is 9.93. The molecule has 0 aliphatic carbocycles. The molecule has 0 aromatic rings. The van der Waals surface area contributed by atoms with Gasteiger partial charge >= 0.3 is 11.9 Å². The second kappa shape index (κ2) is 5.48. The molecule has 1 saturated heterocycles. The van der Waals surface area contributed by atoms with Gasteiger partial charge in [-0.2, -0.15) is 8.78 Å².